The van der Waals surface area contributed by atoms with E-state index >= 15 is 0 Å². The van der Waals surface area contributed by atoms with Gasteiger partial charge in [-0.15, -0.1) is 0 Å². The lowest BCUT2D eigenvalue weighted by molar-refractivity contribution is 0.174. The maximum atomic E-state index is 9.48. The molecule has 0 saturated carbocycles. The summed E-state index contributed by atoms with van der Waals surface area (Å²) in [7, 11) is 0. The van der Waals surface area contributed by atoms with Crippen molar-refractivity contribution in [2.45, 2.75) is 19.4 Å². The van der Waals surface area contributed by atoms with Crippen LogP contribution in [0.1, 0.15) is 25.0 Å². The molecule has 0 amide bonds. The zero-order chi connectivity index (χ0) is 9.14. The lowest BCUT2D eigenvalue weighted by Crippen LogP contribution is -2.00. The number of anilines is 1. The molecule has 0 saturated heterocycles. The molecule has 1 unspecified atom stereocenters. The van der Waals surface area contributed by atoms with Gasteiger partial charge in [0.1, 0.15) is 0 Å². The summed E-state index contributed by atoms with van der Waals surface area (Å²) in [6.45, 7) is 1.90. The predicted molar refractivity (Wildman–Crippen MR) is 51.1 cm³/mol. The lowest BCUT2D eigenvalue weighted by atomic mass is 10.1. The van der Waals surface area contributed by atoms with Crippen molar-refractivity contribution in [3.8, 4) is 0 Å². The molecular formula is C9H12ClNO. The van der Waals surface area contributed by atoms with Gasteiger partial charge in [0.05, 0.1) is 6.10 Å². The highest BCUT2D eigenvalue weighted by molar-refractivity contribution is 6.30. The Labute approximate surface area is 77.0 Å². The summed E-state index contributed by atoms with van der Waals surface area (Å²) in [4.78, 5) is 0. The van der Waals surface area contributed by atoms with E-state index in [0.717, 1.165) is 5.56 Å². The smallest absolute Gasteiger partial charge is 0.0807 e. The van der Waals surface area contributed by atoms with Crippen LogP contribution in [0.15, 0.2) is 18.2 Å². The van der Waals surface area contributed by atoms with Gasteiger partial charge in [0, 0.05) is 16.3 Å². The molecule has 0 bridgehead atoms. The van der Waals surface area contributed by atoms with Crippen LogP contribution < -0.4 is 5.73 Å². The number of rotatable bonds is 2. The average molecular weight is 186 g/mol. The van der Waals surface area contributed by atoms with E-state index in [0.29, 0.717) is 17.1 Å². The number of nitrogens with two attached hydrogens (primary N) is 1. The molecule has 66 valence electrons. The first-order valence-corrected chi connectivity index (χ1v) is 4.26. The molecule has 0 spiro atoms. The van der Waals surface area contributed by atoms with Crippen LogP contribution in [0.25, 0.3) is 0 Å². The van der Waals surface area contributed by atoms with Gasteiger partial charge in [-0.05, 0) is 18.6 Å². The minimum Gasteiger partial charge on any atom is -0.398 e. The van der Waals surface area contributed by atoms with Crippen LogP contribution in [-0.2, 0) is 0 Å². The third kappa shape index (κ3) is 1.90. The van der Waals surface area contributed by atoms with Gasteiger partial charge in [0.25, 0.3) is 0 Å². The van der Waals surface area contributed by atoms with Crippen LogP contribution >= 0.6 is 11.6 Å². The summed E-state index contributed by atoms with van der Waals surface area (Å²) in [6, 6.07) is 5.13. The lowest BCUT2D eigenvalue weighted by Gasteiger charge is -2.10. The van der Waals surface area contributed by atoms with Crippen LogP contribution in [0.2, 0.25) is 5.02 Å². The minimum atomic E-state index is -0.484. The van der Waals surface area contributed by atoms with E-state index in [1.54, 1.807) is 18.2 Å². The van der Waals surface area contributed by atoms with Gasteiger partial charge in [-0.1, -0.05) is 24.6 Å². The zero-order valence-corrected chi connectivity index (χ0v) is 7.67. The number of benzene rings is 1. The number of hydrogen-bond donors (Lipinski definition) is 2. The van der Waals surface area contributed by atoms with Gasteiger partial charge in [-0.3, -0.25) is 0 Å². The molecule has 2 nitrogen and oxygen atoms in total. The van der Waals surface area contributed by atoms with E-state index in [1.807, 2.05) is 6.92 Å². The largest absolute Gasteiger partial charge is 0.398 e. The van der Waals surface area contributed by atoms with Gasteiger partial charge in [-0.2, -0.15) is 0 Å². The van der Waals surface area contributed by atoms with Crippen molar-refractivity contribution in [2.24, 2.45) is 0 Å². The summed E-state index contributed by atoms with van der Waals surface area (Å²) in [6.07, 6.45) is 0.175. The summed E-state index contributed by atoms with van der Waals surface area (Å²) >= 11 is 5.70. The van der Waals surface area contributed by atoms with Crippen LogP contribution in [0.5, 0.6) is 0 Å². The normalized spacial score (nSPS) is 12.9. The highest BCUT2D eigenvalue weighted by Gasteiger charge is 2.07. The summed E-state index contributed by atoms with van der Waals surface area (Å²) in [5.74, 6) is 0. The monoisotopic (exact) mass is 185 g/mol. The fourth-order valence-electron chi connectivity index (χ4n) is 1.07. The second-order valence-corrected chi connectivity index (χ2v) is 3.13. The van der Waals surface area contributed by atoms with Crippen LogP contribution in [0.4, 0.5) is 5.69 Å². The number of aliphatic hydroxyl groups is 1. The Morgan fingerprint density at radius 3 is 2.75 bits per heavy atom. The van der Waals surface area contributed by atoms with E-state index in [-0.39, 0.29) is 0 Å². The average Bonchev–Trinajstić information content (AvgIpc) is 2.03. The molecule has 0 aromatic heterocycles. The van der Waals surface area contributed by atoms with Crippen molar-refractivity contribution in [1.82, 2.24) is 0 Å². The number of aliphatic hydroxyl groups excluding tert-OH is 1. The fraction of sp³-hybridized carbons (Fsp3) is 0.333. The first kappa shape index (κ1) is 9.36. The van der Waals surface area contributed by atoms with E-state index in [2.05, 4.69) is 0 Å². The molecule has 0 radical (unpaired) electrons. The third-order valence-corrected chi connectivity index (χ3v) is 2.03. The van der Waals surface area contributed by atoms with Crippen molar-refractivity contribution in [2.75, 3.05) is 5.73 Å². The third-order valence-electron chi connectivity index (χ3n) is 1.79. The van der Waals surface area contributed by atoms with Gasteiger partial charge in [0.15, 0.2) is 0 Å². The summed E-state index contributed by atoms with van der Waals surface area (Å²) < 4.78 is 0. The van der Waals surface area contributed by atoms with E-state index < -0.39 is 6.10 Å². The zero-order valence-electron chi connectivity index (χ0n) is 6.92. The highest BCUT2D eigenvalue weighted by atomic mass is 35.5. The molecule has 1 aromatic carbocycles. The highest BCUT2D eigenvalue weighted by Crippen LogP contribution is 2.25. The maximum absolute atomic E-state index is 9.48. The van der Waals surface area contributed by atoms with Crippen molar-refractivity contribution >= 4 is 17.3 Å². The van der Waals surface area contributed by atoms with E-state index in [9.17, 15) is 5.11 Å². The van der Waals surface area contributed by atoms with Crippen molar-refractivity contribution in [1.29, 1.82) is 0 Å². The van der Waals surface area contributed by atoms with Crippen molar-refractivity contribution < 1.29 is 5.11 Å². The molecule has 0 heterocycles. The molecule has 3 heteroatoms. The molecule has 1 rings (SSSR count). The molecule has 0 aliphatic rings. The van der Waals surface area contributed by atoms with Gasteiger partial charge >= 0.3 is 0 Å². The molecule has 0 aliphatic carbocycles. The van der Waals surface area contributed by atoms with Gasteiger partial charge in [-0.25, -0.2) is 0 Å². The Bertz CT molecular complexity index is 275. The van der Waals surface area contributed by atoms with Gasteiger partial charge in [0.2, 0.25) is 0 Å². The van der Waals surface area contributed by atoms with E-state index in [1.165, 1.54) is 0 Å². The molecule has 1 atom stereocenters. The van der Waals surface area contributed by atoms with E-state index in [4.69, 9.17) is 17.3 Å². The Morgan fingerprint density at radius 1 is 1.58 bits per heavy atom. The Kier molecular flexibility index (Phi) is 2.95. The maximum Gasteiger partial charge on any atom is 0.0807 e. The minimum absolute atomic E-state index is 0.484. The number of hydrogen-bond acceptors (Lipinski definition) is 2. The predicted octanol–water partition coefficient (Wildman–Crippen LogP) is 2.37. The van der Waals surface area contributed by atoms with Crippen molar-refractivity contribution in [3.05, 3.63) is 28.8 Å². The first-order chi connectivity index (χ1) is 5.65. The fourth-order valence-corrected chi connectivity index (χ4v) is 1.25. The molecule has 3 N–H and O–H groups in total. The second-order valence-electron chi connectivity index (χ2n) is 2.70. The standard InChI is InChI=1S/C9H12ClNO/c1-2-9(12)7-4-3-6(10)5-8(7)11/h3-5,9,12H,2,11H2,1H3. The molecule has 12 heavy (non-hydrogen) atoms. The molecule has 0 fully saturated rings. The molecule has 1 aromatic rings. The van der Waals surface area contributed by atoms with Crippen LogP contribution in [0.3, 0.4) is 0 Å². The SMILES string of the molecule is CCC(O)c1ccc(Cl)cc1N. The van der Waals surface area contributed by atoms with Crippen molar-refractivity contribution in [3.63, 3.8) is 0 Å². The van der Waals surface area contributed by atoms with Gasteiger partial charge < -0.3 is 10.8 Å². The Morgan fingerprint density at radius 2 is 2.25 bits per heavy atom. The van der Waals surface area contributed by atoms with Crippen LogP contribution in [-0.4, -0.2) is 5.11 Å². The Hall–Kier alpha value is -0.730. The number of halogens is 1. The second kappa shape index (κ2) is 3.78. The topological polar surface area (TPSA) is 46.2 Å². The molecular weight excluding hydrogens is 174 g/mol. The Balaban J connectivity index is 3.01. The summed E-state index contributed by atoms with van der Waals surface area (Å²) in [5.41, 5.74) is 6.96. The number of nitrogen functional groups attached to an aromatic ring is 1. The summed E-state index contributed by atoms with van der Waals surface area (Å²) in [5, 5.41) is 10.1. The quantitative estimate of drug-likeness (QED) is 0.695. The molecule has 0 aliphatic heterocycles. The van der Waals surface area contributed by atoms with Crippen LogP contribution in [0, 0.1) is 0 Å². The first-order valence-electron chi connectivity index (χ1n) is 3.88.